The Balaban J connectivity index is 2.87. The SMILES string of the molecule is CC[C@H](C)[C@@H]1NC(=O)/C(=C/[C@@](C)(O)CO)NC1=O. The van der Waals surface area contributed by atoms with Crippen LogP contribution in [0.25, 0.3) is 0 Å². The van der Waals surface area contributed by atoms with Gasteiger partial charge in [-0.3, -0.25) is 9.59 Å². The molecule has 3 atom stereocenters. The van der Waals surface area contributed by atoms with Gasteiger partial charge in [0.25, 0.3) is 5.91 Å². The van der Waals surface area contributed by atoms with Gasteiger partial charge in [-0.15, -0.1) is 0 Å². The highest BCUT2D eigenvalue weighted by molar-refractivity contribution is 6.04. The summed E-state index contributed by atoms with van der Waals surface area (Å²) in [5, 5.41) is 23.6. The van der Waals surface area contributed by atoms with Crippen LogP contribution in [0.2, 0.25) is 0 Å². The average molecular weight is 256 g/mol. The number of aliphatic hydroxyl groups is 2. The van der Waals surface area contributed by atoms with Gasteiger partial charge in [-0.2, -0.15) is 0 Å². The van der Waals surface area contributed by atoms with Crippen molar-refractivity contribution in [1.29, 1.82) is 0 Å². The Morgan fingerprint density at radius 1 is 1.50 bits per heavy atom. The maximum atomic E-state index is 11.8. The van der Waals surface area contributed by atoms with E-state index in [-0.39, 0.29) is 17.5 Å². The highest BCUT2D eigenvalue weighted by atomic mass is 16.3. The summed E-state index contributed by atoms with van der Waals surface area (Å²) in [5.74, 6) is -0.716. The van der Waals surface area contributed by atoms with E-state index in [0.29, 0.717) is 0 Å². The minimum absolute atomic E-state index is 0.0291. The van der Waals surface area contributed by atoms with Crippen LogP contribution in [0.3, 0.4) is 0 Å². The topological polar surface area (TPSA) is 98.7 Å². The normalized spacial score (nSPS) is 27.4. The lowest BCUT2D eigenvalue weighted by Crippen LogP contribution is -2.57. The Hall–Kier alpha value is -1.40. The molecule has 4 N–H and O–H groups in total. The second kappa shape index (κ2) is 5.49. The van der Waals surface area contributed by atoms with Gasteiger partial charge in [0.05, 0.1) is 6.61 Å². The molecule has 0 aromatic heterocycles. The number of hydrogen-bond donors (Lipinski definition) is 4. The highest BCUT2D eigenvalue weighted by Crippen LogP contribution is 2.14. The zero-order valence-electron chi connectivity index (χ0n) is 10.9. The second-order valence-electron chi connectivity index (χ2n) is 4.90. The lowest BCUT2D eigenvalue weighted by molar-refractivity contribution is -0.132. The summed E-state index contributed by atoms with van der Waals surface area (Å²) in [6.07, 6.45) is 1.92. The van der Waals surface area contributed by atoms with Gasteiger partial charge >= 0.3 is 0 Å². The number of hydrogen-bond acceptors (Lipinski definition) is 4. The number of carbonyl (C=O) groups is 2. The van der Waals surface area contributed by atoms with Gasteiger partial charge in [0.1, 0.15) is 17.3 Å². The van der Waals surface area contributed by atoms with Crippen LogP contribution in [0.4, 0.5) is 0 Å². The fourth-order valence-corrected chi connectivity index (χ4v) is 1.65. The smallest absolute Gasteiger partial charge is 0.268 e. The number of rotatable bonds is 4. The van der Waals surface area contributed by atoms with Crippen molar-refractivity contribution in [1.82, 2.24) is 10.6 Å². The van der Waals surface area contributed by atoms with E-state index in [1.54, 1.807) is 0 Å². The van der Waals surface area contributed by atoms with Gasteiger partial charge in [-0.05, 0) is 18.9 Å². The molecule has 0 aliphatic carbocycles. The largest absolute Gasteiger partial charge is 0.393 e. The zero-order valence-corrected chi connectivity index (χ0v) is 10.9. The van der Waals surface area contributed by atoms with Crippen molar-refractivity contribution >= 4 is 11.8 Å². The first-order valence-electron chi connectivity index (χ1n) is 5.98. The van der Waals surface area contributed by atoms with Gasteiger partial charge < -0.3 is 20.8 Å². The van der Waals surface area contributed by atoms with Gasteiger partial charge in [-0.25, -0.2) is 0 Å². The van der Waals surface area contributed by atoms with E-state index in [4.69, 9.17) is 5.11 Å². The third-order valence-electron chi connectivity index (χ3n) is 3.06. The van der Waals surface area contributed by atoms with Crippen LogP contribution in [0.5, 0.6) is 0 Å². The van der Waals surface area contributed by atoms with E-state index >= 15 is 0 Å². The van der Waals surface area contributed by atoms with Crippen molar-refractivity contribution in [2.75, 3.05) is 6.61 Å². The molecule has 18 heavy (non-hydrogen) atoms. The summed E-state index contributed by atoms with van der Waals surface area (Å²) >= 11 is 0. The monoisotopic (exact) mass is 256 g/mol. The molecule has 0 radical (unpaired) electrons. The highest BCUT2D eigenvalue weighted by Gasteiger charge is 2.34. The van der Waals surface area contributed by atoms with Crippen LogP contribution >= 0.6 is 0 Å². The summed E-state index contributed by atoms with van der Waals surface area (Å²) in [7, 11) is 0. The fourth-order valence-electron chi connectivity index (χ4n) is 1.65. The number of aliphatic hydroxyl groups excluding tert-OH is 1. The standard InChI is InChI=1S/C12H20N2O4/c1-4-7(2)9-11(17)13-8(10(16)14-9)5-12(3,18)6-15/h5,7,9,15,18H,4,6H2,1-3H3,(H,13,17)(H,14,16)/b8-5-/t7-,9-,12+/m0/s1. The van der Waals surface area contributed by atoms with Crippen LogP contribution < -0.4 is 10.6 Å². The summed E-state index contributed by atoms with van der Waals surface area (Å²) in [5.41, 5.74) is -1.57. The first-order valence-corrected chi connectivity index (χ1v) is 5.98. The van der Waals surface area contributed by atoms with Crippen molar-refractivity contribution in [3.8, 4) is 0 Å². The Morgan fingerprint density at radius 3 is 2.61 bits per heavy atom. The quantitative estimate of drug-likeness (QED) is 0.499. The minimum Gasteiger partial charge on any atom is -0.393 e. The van der Waals surface area contributed by atoms with Crippen molar-refractivity contribution in [3.63, 3.8) is 0 Å². The Morgan fingerprint density at radius 2 is 2.11 bits per heavy atom. The molecule has 0 aromatic rings. The number of carbonyl (C=O) groups excluding carboxylic acids is 2. The van der Waals surface area contributed by atoms with Crippen LogP contribution in [0.1, 0.15) is 27.2 Å². The Bertz CT molecular complexity index is 376. The fraction of sp³-hybridized carbons (Fsp3) is 0.667. The summed E-state index contributed by atoms with van der Waals surface area (Å²) in [4.78, 5) is 23.6. The summed E-state index contributed by atoms with van der Waals surface area (Å²) in [6, 6.07) is -0.557. The molecule has 0 unspecified atom stereocenters. The molecular formula is C12H20N2O4. The minimum atomic E-state index is -1.54. The van der Waals surface area contributed by atoms with Gasteiger partial charge in [0, 0.05) is 0 Å². The van der Waals surface area contributed by atoms with Crippen molar-refractivity contribution in [3.05, 3.63) is 11.8 Å². The molecule has 2 amide bonds. The van der Waals surface area contributed by atoms with E-state index in [1.807, 2.05) is 13.8 Å². The van der Waals surface area contributed by atoms with E-state index < -0.39 is 24.2 Å². The zero-order chi connectivity index (χ0) is 13.9. The molecule has 1 saturated heterocycles. The van der Waals surface area contributed by atoms with Gasteiger partial charge in [-0.1, -0.05) is 20.3 Å². The summed E-state index contributed by atoms with van der Waals surface area (Å²) in [6.45, 7) is 4.63. The third-order valence-corrected chi connectivity index (χ3v) is 3.06. The molecule has 0 aromatic carbocycles. The van der Waals surface area contributed by atoms with E-state index in [0.717, 1.165) is 12.5 Å². The first-order chi connectivity index (χ1) is 8.30. The lowest BCUT2D eigenvalue weighted by Gasteiger charge is -2.30. The van der Waals surface area contributed by atoms with Crippen molar-refractivity contribution in [2.24, 2.45) is 5.92 Å². The second-order valence-corrected chi connectivity index (χ2v) is 4.90. The molecule has 1 aliphatic heterocycles. The predicted octanol–water partition coefficient (Wildman–Crippen LogP) is -0.726. The molecule has 102 valence electrons. The number of amides is 2. The molecular weight excluding hydrogens is 236 g/mol. The maximum absolute atomic E-state index is 11.8. The Kier molecular flexibility index (Phi) is 4.48. The van der Waals surface area contributed by atoms with Crippen molar-refractivity contribution in [2.45, 2.75) is 38.8 Å². The van der Waals surface area contributed by atoms with Gasteiger partial charge in [0.15, 0.2) is 0 Å². The molecule has 1 heterocycles. The molecule has 0 bridgehead atoms. The van der Waals surface area contributed by atoms with Crippen LogP contribution in [0, 0.1) is 5.92 Å². The van der Waals surface area contributed by atoms with Crippen molar-refractivity contribution < 1.29 is 19.8 Å². The number of nitrogens with one attached hydrogen (secondary N) is 2. The molecule has 1 aliphatic rings. The Labute approximate surface area is 106 Å². The number of piperazine rings is 1. The first kappa shape index (κ1) is 14.7. The molecule has 6 heteroatoms. The van der Waals surface area contributed by atoms with Crippen LogP contribution in [-0.2, 0) is 9.59 Å². The molecule has 1 fully saturated rings. The summed E-state index contributed by atoms with van der Waals surface area (Å²) < 4.78 is 0. The van der Waals surface area contributed by atoms with Gasteiger partial charge in [0.2, 0.25) is 5.91 Å². The molecule has 0 saturated carbocycles. The molecule has 6 nitrogen and oxygen atoms in total. The van der Waals surface area contributed by atoms with E-state index in [9.17, 15) is 14.7 Å². The molecule has 1 rings (SSSR count). The van der Waals surface area contributed by atoms with Crippen LogP contribution in [-0.4, -0.2) is 40.3 Å². The maximum Gasteiger partial charge on any atom is 0.268 e. The lowest BCUT2D eigenvalue weighted by atomic mass is 9.96. The average Bonchev–Trinajstić information content (AvgIpc) is 2.32. The molecule has 0 spiro atoms. The van der Waals surface area contributed by atoms with E-state index in [1.165, 1.54) is 6.92 Å². The van der Waals surface area contributed by atoms with E-state index in [2.05, 4.69) is 10.6 Å². The third kappa shape index (κ3) is 3.30. The van der Waals surface area contributed by atoms with Crippen LogP contribution in [0.15, 0.2) is 11.8 Å². The predicted molar refractivity (Wildman–Crippen MR) is 65.3 cm³/mol.